The highest BCUT2D eigenvalue weighted by molar-refractivity contribution is 5.95. The highest BCUT2D eigenvalue weighted by atomic mass is 16.6. The van der Waals surface area contributed by atoms with Crippen LogP contribution in [0.25, 0.3) is 10.8 Å². The lowest BCUT2D eigenvalue weighted by molar-refractivity contribution is -0.384. The van der Waals surface area contributed by atoms with Crippen LogP contribution in [0.1, 0.15) is 8.22 Å². The Morgan fingerprint density at radius 3 is 2.50 bits per heavy atom. The van der Waals surface area contributed by atoms with Crippen LogP contribution in [0, 0.1) is 10.1 Å². The van der Waals surface area contributed by atoms with E-state index in [-0.39, 0.29) is 27.8 Å². The summed E-state index contributed by atoms with van der Waals surface area (Å²) in [6, 6.07) is 1.56. The van der Waals surface area contributed by atoms with Crippen LogP contribution in [0.15, 0.2) is 70.7 Å². The number of hydrogen-bond acceptors (Lipinski definition) is 5. The molecule has 0 saturated carbocycles. The molecule has 0 aliphatic heterocycles. The molecule has 0 atom stereocenters. The molecule has 108 valence electrons. The van der Waals surface area contributed by atoms with Crippen LogP contribution in [-0.2, 0) is 0 Å². The van der Waals surface area contributed by atoms with Gasteiger partial charge in [0, 0.05) is 17.5 Å². The first-order chi connectivity index (χ1) is 13.1. The van der Waals surface area contributed by atoms with E-state index in [1.807, 2.05) is 0 Å². The zero-order chi connectivity index (χ0) is 20.7. The number of phenols is 1. The van der Waals surface area contributed by atoms with E-state index in [0.29, 0.717) is 0 Å². The van der Waals surface area contributed by atoms with Crippen molar-refractivity contribution in [3.63, 3.8) is 0 Å². The lowest BCUT2D eigenvalue weighted by Gasteiger charge is -2.03. The van der Waals surface area contributed by atoms with Crippen molar-refractivity contribution in [2.45, 2.75) is 0 Å². The second-order valence-corrected chi connectivity index (χ2v) is 4.17. The quantitative estimate of drug-likeness (QED) is 0.425. The monoisotopic (exact) mass is 299 g/mol. The van der Waals surface area contributed by atoms with Crippen LogP contribution in [0.4, 0.5) is 17.1 Å². The molecule has 0 amide bonds. The maximum Gasteiger partial charge on any atom is 0.269 e. The van der Waals surface area contributed by atoms with Crippen molar-refractivity contribution in [1.29, 1.82) is 0 Å². The molecule has 3 rings (SSSR count). The van der Waals surface area contributed by atoms with Crippen LogP contribution in [0.3, 0.4) is 0 Å². The molecule has 22 heavy (non-hydrogen) atoms. The van der Waals surface area contributed by atoms with Crippen LogP contribution in [-0.4, -0.2) is 10.0 Å². The standard InChI is InChI=1S/C16H11N3O3/c20-15-10-5-11-3-1-2-4-14(11)16(15)18-17-12-6-8-13(9-7-12)19(21)22/h1-10,20H/i1D,2D,3D,4D,5D,10D. The van der Waals surface area contributed by atoms with Gasteiger partial charge >= 0.3 is 0 Å². The van der Waals surface area contributed by atoms with Crippen molar-refractivity contribution in [2.24, 2.45) is 10.2 Å². The molecule has 0 heterocycles. The Kier molecular flexibility index (Phi) is 2.10. The van der Waals surface area contributed by atoms with Crippen LogP contribution >= 0.6 is 0 Å². The zero-order valence-corrected chi connectivity index (χ0v) is 10.9. The van der Waals surface area contributed by atoms with Gasteiger partial charge in [0.15, 0.2) is 0 Å². The van der Waals surface area contributed by atoms with Gasteiger partial charge in [-0.05, 0) is 23.6 Å². The number of benzene rings is 3. The number of nitro benzene ring substituents is 1. The highest BCUT2D eigenvalue weighted by Gasteiger charge is 2.06. The summed E-state index contributed by atoms with van der Waals surface area (Å²) in [6.07, 6.45) is 0. The molecule has 0 aliphatic rings. The van der Waals surface area contributed by atoms with Crippen molar-refractivity contribution < 1.29 is 18.3 Å². The summed E-state index contributed by atoms with van der Waals surface area (Å²) in [6.45, 7) is 0. The molecule has 1 N–H and O–H groups in total. The molecule has 0 spiro atoms. The predicted octanol–water partition coefficient (Wildman–Crippen LogP) is 4.87. The molecule has 0 unspecified atom stereocenters. The molecule has 0 aliphatic carbocycles. The predicted molar refractivity (Wildman–Crippen MR) is 82.9 cm³/mol. The van der Waals surface area contributed by atoms with Gasteiger partial charge in [-0.2, -0.15) is 5.11 Å². The number of fused-ring (bicyclic) bond motifs is 1. The van der Waals surface area contributed by atoms with Gasteiger partial charge in [0.2, 0.25) is 0 Å². The summed E-state index contributed by atoms with van der Waals surface area (Å²) in [5, 5.41) is 28.1. The number of rotatable bonds is 3. The van der Waals surface area contributed by atoms with Gasteiger partial charge in [-0.25, -0.2) is 0 Å². The van der Waals surface area contributed by atoms with E-state index in [4.69, 9.17) is 8.22 Å². The number of phenolic OH excluding ortho intramolecular Hbond substituents is 1. The van der Waals surface area contributed by atoms with Crippen molar-refractivity contribution in [3.05, 3.63) is 70.6 Å². The summed E-state index contributed by atoms with van der Waals surface area (Å²) < 4.78 is 47.4. The third-order valence-electron chi connectivity index (χ3n) is 2.78. The fourth-order valence-corrected chi connectivity index (χ4v) is 1.73. The van der Waals surface area contributed by atoms with E-state index in [1.54, 1.807) is 0 Å². The second-order valence-electron chi connectivity index (χ2n) is 4.17. The van der Waals surface area contributed by atoms with E-state index in [9.17, 15) is 15.2 Å². The molecule has 0 aromatic heterocycles. The molecule has 3 aromatic rings. The molecule has 6 heteroatoms. The molecular formula is C16H11N3O3. The second kappa shape index (κ2) is 5.61. The first kappa shape index (κ1) is 8.23. The number of aromatic hydroxyl groups is 1. The summed E-state index contributed by atoms with van der Waals surface area (Å²) in [4.78, 5) is 10.1. The first-order valence-corrected chi connectivity index (χ1v) is 6.03. The lowest BCUT2D eigenvalue weighted by Crippen LogP contribution is -1.85. The summed E-state index contributed by atoms with van der Waals surface area (Å²) in [7, 11) is 0. The normalized spacial score (nSPS) is 14.9. The largest absolute Gasteiger partial charge is 0.506 e. The third-order valence-corrected chi connectivity index (χ3v) is 2.78. The minimum absolute atomic E-state index is 0.159. The number of nitro groups is 1. The van der Waals surface area contributed by atoms with Gasteiger partial charge in [0.25, 0.3) is 5.69 Å². The van der Waals surface area contributed by atoms with Crippen LogP contribution < -0.4 is 0 Å². The van der Waals surface area contributed by atoms with E-state index in [0.717, 1.165) is 0 Å². The maximum absolute atomic E-state index is 10.7. The smallest absolute Gasteiger partial charge is 0.269 e. The topological polar surface area (TPSA) is 88.1 Å². The number of azo groups is 1. The summed E-state index contributed by atoms with van der Waals surface area (Å²) in [5.74, 6) is -0.756. The molecular weight excluding hydrogens is 282 g/mol. The van der Waals surface area contributed by atoms with Gasteiger partial charge in [-0.1, -0.05) is 30.2 Å². The van der Waals surface area contributed by atoms with Crippen molar-refractivity contribution in [2.75, 3.05) is 0 Å². The molecule has 0 radical (unpaired) electrons. The lowest BCUT2D eigenvalue weighted by atomic mass is 10.1. The van der Waals surface area contributed by atoms with Crippen molar-refractivity contribution in [1.82, 2.24) is 0 Å². The van der Waals surface area contributed by atoms with Crippen LogP contribution in [0.5, 0.6) is 5.75 Å². The first-order valence-electron chi connectivity index (χ1n) is 9.03. The summed E-state index contributed by atoms with van der Waals surface area (Å²) in [5.41, 5.74) is -0.366. The Morgan fingerprint density at radius 1 is 1.05 bits per heavy atom. The number of nitrogens with zero attached hydrogens (tertiary/aromatic N) is 3. The Bertz CT molecular complexity index is 1160. The average molecular weight is 299 g/mol. The fourth-order valence-electron chi connectivity index (χ4n) is 1.73. The van der Waals surface area contributed by atoms with Crippen molar-refractivity contribution in [3.8, 4) is 5.75 Å². The van der Waals surface area contributed by atoms with Gasteiger partial charge < -0.3 is 5.11 Å². The van der Waals surface area contributed by atoms with Crippen molar-refractivity contribution >= 4 is 27.8 Å². The van der Waals surface area contributed by atoms with Crippen LogP contribution in [0.2, 0.25) is 0 Å². The van der Waals surface area contributed by atoms with Gasteiger partial charge in [0.05, 0.1) is 18.8 Å². The Hall–Kier alpha value is -3.28. The van der Waals surface area contributed by atoms with Gasteiger partial charge in [-0.15, -0.1) is 5.11 Å². The maximum atomic E-state index is 10.7. The molecule has 0 fully saturated rings. The van der Waals surface area contributed by atoms with Gasteiger partial charge in [-0.3, -0.25) is 10.1 Å². The molecule has 6 nitrogen and oxygen atoms in total. The van der Waals surface area contributed by atoms with Gasteiger partial charge in [0.1, 0.15) is 11.4 Å². The Balaban J connectivity index is 2.27. The van der Waals surface area contributed by atoms with E-state index in [2.05, 4.69) is 10.2 Å². The zero-order valence-electron chi connectivity index (χ0n) is 16.9. The SMILES string of the molecule is [2H]c1c([2H])c([2H])c2c(N=Nc3ccc([N+](=O)[O-])cc3)c(O)c([2H])c([2H])c2c1[2H]. The molecule has 0 bridgehead atoms. The van der Waals surface area contributed by atoms with E-state index in [1.165, 1.54) is 24.3 Å². The van der Waals surface area contributed by atoms with E-state index >= 15 is 0 Å². The number of non-ortho nitro benzene ring substituents is 1. The molecule has 3 aromatic carbocycles. The third kappa shape index (κ3) is 2.62. The number of hydrogen-bond donors (Lipinski definition) is 1. The average Bonchev–Trinajstić information content (AvgIpc) is 2.68. The minimum Gasteiger partial charge on any atom is -0.506 e. The summed E-state index contributed by atoms with van der Waals surface area (Å²) >= 11 is 0. The fraction of sp³-hybridized carbons (Fsp3) is 0. The Morgan fingerprint density at radius 2 is 1.77 bits per heavy atom. The highest BCUT2D eigenvalue weighted by Crippen LogP contribution is 2.36. The minimum atomic E-state index is -0.756. The van der Waals surface area contributed by atoms with E-state index < -0.39 is 46.9 Å². The molecule has 0 saturated heterocycles. The Labute approximate surface area is 133 Å².